The predicted molar refractivity (Wildman–Crippen MR) is 108 cm³/mol. The molecule has 3 aliphatic rings. The molecular weight excluding hydrogens is 407 g/mol. The van der Waals surface area contributed by atoms with Gasteiger partial charge in [0.15, 0.2) is 5.78 Å². The van der Waals surface area contributed by atoms with Crippen molar-refractivity contribution in [3.63, 3.8) is 0 Å². The fourth-order valence-corrected chi connectivity index (χ4v) is 5.88. The second kappa shape index (κ2) is 6.84. The Labute approximate surface area is 177 Å². The minimum absolute atomic E-state index is 0.0407. The summed E-state index contributed by atoms with van der Waals surface area (Å²) in [6, 6.07) is 5.53. The standard InChI is InChI=1S/C24H22F3NO3/c1-11-7-16(31-17-6-5-15(10-28-17)24(25,26)27)8-12(2)18(11)21-22(29)19-13-3-4-14(9-13)20(19)23(21)30/h5-8,10,13-14,19-20,29H,3-4,9H2,1-2H3/t13-,14+,19+,20-/m1/s1. The molecule has 0 saturated heterocycles. The zero-order chi connectivity index (χ0) is 22.1. The minimum atomic E-state index is -4.46. The van der Waals surface area contributed by atoms with Gasteiger partial charge in [-0.05, 0) is 79.8 Å². The largest absolute Gasteiger partial charge is 0.511 e. The van der Waals surface area contributed by atoms with E-state index in [1.807, 2.05) is 13.8 Å². The maximum atomic E-state index is 13.2. The van der Waals surface area contributed by atoms with Gasteiger partial charge in [0, 0.05) is 24.1 Å². The Hall–Kier alpha value is -2.83. The van der Waals surface area contributed by atoms with Crippen molar-refractivity contribution in [2.24, 2.45) is 23.7 Å². The molecule has 1 aromatic carbocycles. The maximum absolute atomic E-state index is 13.2. The van der Waals surface area contributed by atoms with Gasteiger partial charge >= 0.3 is 6.18 Å². The molecule has 3 aliphatic carbocycles. The monoisotopic (exact) mass is 429 g/mol. The molecule has 4 atom stereocenters. The molecule has 2 fully saturated rings. The van der Waals surface area contributed by atoms with E-state index < -0.39 is 11.7 Å². The van der Waals surface area contributed by atoms with Crippen LogP contribution < -0.4 is 4.74 Å². The van der Waals surface area contributed by atoms with Crippen LogP contribution in [0.4, 0.5) is 13.2 Å². The van der Waals surface area contributed by atoms with E-state index in [9.17, 15) is 23.1 Å². The fraction of sp³-hybridized carbons (Fsp3) is 0.417. The van der Waals surface area contributed by atoms with Crippen LogP contribution in [-0.2, 0) is 11.0 Å². The molecule has 0 aliphatic heterocycles. The maximum Gasteiger partial charge on any atom is 0.417 e. The van der Waals surface area contributed by atoms with Crippen LogP contribution in [-0.4, -0.2) is 15.9 Å². The average Bonchev–Trinajstić information content (AvgIpc) is 3.37. The highest BCUT2D eigenvalue weighted by Gasteiger charge is 2.57. The van der Waals surface area contributed by atoms with E-state index in [1.165, 1.54) is 6.07 Å². The van der Waals surface area contributed by atoms with Crippen molar-refractivity contribution in [1.29, 1.82) is 0 Å². The summed E-state index contributed by atoms with van der Waals surface area (Å²) in [4.78, 5) is 17.0. The number of rotatable bonds is 3. The Balaban J connectivity index is 1.45. The molecular formula is C24H22F3NO3. The van der Waals surface area contributed by atoms with Crippen LogP contribution in [0.3, 0.4) is 0 Å². The number of alkyl halides is 3. The summed E-state index contributed by atoms with van der Waals surface area (Å²) in [5, 5.41) is 11.0. The Kier molecular flexibility index (Phi) is 4.43. The van der Waals surface area contributed by atoms with Crippen molar-refractivity contribution in [2.45, 2.75) is 39.3 Å². The fourth-order valence-electron chi connectivity index (χ4n) is 5.88. The third-order valence-electron chi connectivity index (χ3n) is 7.08. The number of hydrogen-bond donors (Lipinski definition) is 1. The van der Waals surface area contributed by atoms with Gasteiger partial charge in [0.05, 0.1) is 11.1 Å². The quantitative estimate of drug-likeness (QED) is 0.648. The first kappa shape index (κ1) is 20.1. The van der Waals surface area contributed by atoms with Gasteiger partial charge in [0.2, 0.25) is 5.88 Å². The van der Waals surface area contributed by atoms with Crippen molar-refractivity contribution in [1.82, 2.24) is 4.98 Å². The Morgan fingerprint density at radius 1 is 1.06 bits per heavy atom. The molecule has 162 valence electrons. The summed E-state index contributed by atoms with van der Waals surface area (Å²) in [5.74, 6) is 1.35. The molecule has 1 aromatic heterocycles. The summed E-state index contributed by atoms with van der Waals surface area (Å²) >= 11 is 0. The van der Waals surface area contributed by atoms with Crippen molar-refractivity contribution >= 4 is 11.4 Å². The number of aromatic nitrogens is 1. The summed E-state index contributed by atoms with van der Waals surface area (Å²) in [5.41, 5.74) is 1.85. The number of hydrogen-bond acceptors (Lipinski definition) is 4. The second-order valence-corrected chi connectivity index (χ2v) is 8.93. The van der Waals surface area contributed by atoms with E-state index in [-0.39, 0.29) is 29.3 Å². The first-order chi connectivity index (χ1) is 14.6. The molecule has 1 N–H and O–H groups in total. The molecule has 31 heavy (non-hydrogen) atoms. The Morgan fingerprint density at radius 2 is 1.71 bits per heavy atom. The number of fused-ring (bicyclic) bond motifs is 5. The van der Waals surface area contributed by atoms with Gasteiger partial charge in [0.25, 0.3) is 0 Å². The summed E-state index contributed by atoms with van der Waals surface area (Å²) in [7, 11) is 0. The van der Waals surface area contributed by atoms with Crippen molar-refractivity contribution in [3.05, 3.63) is 58.5 Å². The number of nitrogens with zero attached hydrogens (tertiary/aromatic N) is 1. The van der Waals surface area contributed by atoms with Crippen LogP contribution in [0.1, 0.15) is 41.5 Å². The van der Waals surface area contributed by atoms with Crippen molar-refractivity contribution in [3.8, 4) is 11.6 Å². The lowest BCUT2D eigenvalue weighted by molar-refractivity contribution is -0.137. The van der Waals surface area contributed by atoms with Gasteiger partial charge in [-0.3, -0.25) is 4.79 Å². The molecule has 2 aromatic rings. The number of ketones is 1. The van der Waals surface area contributed by atoms with E-state index in [0.717, 1.165) is 48.2 Å². The van der Waals surface area contributed by atoms with Crippen LogP contribution in [0.5, 0.6) is 11.6 Å². The van der Waals surface area contributed by atoms with E-state index in [0.29, 0.717) is 23.2 Å². The lowest BCUT2D eigenvalue weighted by atomic mass is 9.80. The van der Waals surface area contributed by atoms with E-state index in [4.69, 9.17) is 4.74 Å². The van der Waals surface area contributed by atoms with Crippen LogP contribution in [0, 0.1) is 37.5 Å². The molecule has 0 unspecified atom stereocenters. The molecule has 4 nitrogen and oxygen atoms in total. The van der Waals surface area contributed by atoms with Gasteiger partial charge < -0.3 is 9.84 Å². The van der Waals surface area contributed by atoms with Gasteiger partial charge in [-0.2, -0.15) is 13.2 Å². The number of carbonyl (C=O) groups excluding carboxylic acids is 1. The number of carbonyl (C=O) groups is 1. The zero-order valence-corrected chi connectivity index (χ0v) is 17.2. The van der Waals surface area contributed by atoms with Gasteiger partial charge in [-0.15, -0.1) is 0 Å². The Bertz CT molecular complexity index is 1080. The molecule has 0 spiro atoms. The molecule has 2 bridgehead atoms. The highest BCUT2D eigenvalue weighted by Crippen LogP contribution is 2.60. The van der Waals surface area contributed by atoms with Crippen molar-refractivity contribution in [2.75, 3.05) is 0 Å². The summed E-state index contributed by atoms with van der Waals surface area (Å²) in [6.45, 7) is 3.68. The highest BCUT2D eigenvalue weighted by molar-refractivity contribution is 6.25. The molecule has 7 heteroatoms. The molecule has 5 rings (SSSR count). The lowest BCUT2D eigenvalue weighted by Gasteiger charge is -2.23. The SMILES string of the molecule is Cc1cc(Oc2ccc(C(F)(F)F)cn2)cc(C)c1C1=C(O)[C@H]2[C@@H]3CC[C@@H](C3)[C@H]2C1=O. The average molecular weight is 429 g/mol. The number of aliphatic hydroxyl groups excluding tert-OH is 1. The number of halogens is 3. The second-order valence-electron chi connectivity index (χ2n) is 8.93. The van der Waals surface area contributed by atoms with Gasteiger partial charge in [0.1, 0.15) is 11.5 Å². The normalized spacial score (nSPS) is 27.2. The summed E-state index contributed by atoms with van der Waals surface area (Å²) < 4.78 is 43.8. The van der Waals surface area contributed by atoms with E-state index >= 15 is 0 Å². The number of Topliss-reactive ketones (excluding diaryl/α,β-unsaturated/α-hetero) is 1. The zero-order valence-electron chi connectivity index (χ0n) is 17.2. The van der Waals surface area contributed by atoms with Crippen LogP contribution in [0.15, 0.2) is 36.2 Å². The van der Waals surface area contributed by atoms with Crippen molar-refractivity contribution < 1.29 is 27.8 Å². The van der Waals surface area contributed by atoms with E-state index in [1.54, 1.807) is 12.1 Å². The third kappa shape index (κ3) is 3.13. The lowest BCUT2D eigenvalue weighted by Crippen LogP contribution is -2.24. The Morgan fingerprint density at radius 3 is 2.26 bits per heavy atom. The summed E-state index contributed by atoms with van der Waals surface area (Å²) in [6.07, 6.45) is -0.564. The van der Waals surface area contributed by atoms with Crippen LogP contribution in [0.2, 0.25) is 0 Å². The number of pyridine rings is 1. The number of aryl methyl sites for hydroxylation is 2. The molecule has 1 heterocycles. The number of aliphatic hydroxyl groups is 1. The van der Waals surface area contributed by atoms with Gasteiger partial charge in [-0.1, -0.05) is 0 Å². The van der Waals surface area contributed by atoms with Gasteiger partial charge in [-0.25, -0.2) is 4.98 Å². The highest BCUT2D eigenvalue weighted by atomic mass is 19.4. The smallest absolute Gasteiger partial charge is 0.417 e. The van der Waals surface area contributed by atoms with E-state index in [2.05, 4.69) is 4.98 Å². The predicted octanol–water partition coefficient (Wildman–Crippen LogP) is 6.02. The van der Waals surface area contributed by atoms with Crippen LogP contribution >= 0.6 is 0 Å². The molecule has 0 amide bonds. The number of ether oxygens (including phenoxy) is 1. The topological polar surface area (TPSA) is 59.4 Å². The molecule has 0 radical (unpaired) electrons. The number of allylic oxidation sites excluding steroid dienone is 2. The minimum Gasteiger partial charge on any atom is -0.511 e. The third-order valence-corrected chi connectivity index (χ3v) is 7.08. The first-order valence-corrected chi connectivity index (χ1v) is 10.4. The number of benzene rings is 1. The van der Waals surface area contributed by atoms with Crippen LogP contribution in [0.25, 0.3) is 5.57 Å². The first-order valence-electron chi connectivity index (χ1n) is 10.4. The molecule has 2 saturated carbocycles.